The molecule has 0 saturated heterocycles. The molecule has 0 fully saturated rings. The summed E-state index contributed by atoms with van der Waals surface area (Å²) in [6, 6.07) is 3.09. The van der Waals surface area contributed by atoms with Crippen LogP contribution in [0.2, 0.25) is 0 Å². The van der Waals surface area contributed by atoms with Crippen molar-refractivity contribution in [2.75, 3.05) is 0 Å². The minimum absolute atomic E-state index is 0.202. The Balaban J connectivity index is 2.57. The number of aryl methyl sites for hydroxylation is 2. The molecule has 0 aliphatic rings. The summed E-state index contributed by atoms with van der Waals surface area (Å²) in [7, 11) is 1.62. The minimum atomic E-state index is -4.58. The third-order valence-corrected chi connectivity index (χ3v) is 3.94. The van der Waals surface area contributed by atoms with Gasteiger partial charge in [-0.25, -0.2) is 0 Å². The van der Waals surface area contributed by atoms with Gasteiger partial charge in [0.15, 0.2) is 0 Å². The topological polar surface area (TPSA) is 39.8 Å². The van der Waals surface area contributed by atoms with Crippen LogP contribution in [0, 0.1) is 6.92 Å². The number of hydrogen-bond acceptors (Lipinski definition) is 2. The monoisotopic (exact) mass is 349 g/mol. The van der Waals surface area contributed by atoms with Gasteiger partial charge in [0.25, 0.3) is 5.56 Å². The van der Waals surface area contributed by atoms with Crippen LogP contribution in [-0.2, 0) is 19.8 Å². The molecule has 8 heteroatoms. The predicted octanol–water partition coefficient (Wildman–Crippen LogP) is 2.72. The molecule has 0 radical (unpaired) electrons. The molecule has 4 nitrogen and oxygen atoms in total. The molecule has 0 aliphatic carbocycles. The van der Waals surface area contributed by atoms with E-state index in [1.807, 2.05) is 0 Å². The Morgan fingerprint density at radius 2 is 2.00 bits per heavy atom. The highest BCUT2D eigenvalue weighted by Gasteiger charge is 2.34. The lowest BCUT2D eigenvalue weighted by Crippen LogP contribution is -2.28. The lowest BCUT2D eigenvalue weighted by atomic mass is 10.3. The fourth-order valence-corrected chi connectivity index (χ4v) is 2.39. The normalized spacial score (nSPS) is 11.9. The number of alkyl halides is 3. The average molecular weight is 350 g/mol. The summed E-state index contributed by atoms with van der Waals surface area (Å²) < 4.78 is 41.6. The zero-order chi connectivity index (χ0) is 15.1. The van der Waals surface area contributed by atoms with E-state index in [-0.39, 0.29) is 6.54 Å². The molecule has 0 saturated carbocycles. The molecule has 2 heterocycles. The Hall–Kier alpha value is -1.57. The maximum atomic E-state index is 12.9. The fraction of sp³-hybridized carbons (Fsp3) is 0.333. The van der Waals surface area contributed by atoms with Crippen molar-refractivity contribution in [2.45, 2.75) is 19.6 Å². The van der Waals surface area contributed by atoms with Crippen molar-refractivity contribution in [3.8, 4) is 0 Å². The SMILES string of the molecule is Cc1nn(C)c(Cn2c(C(F)(F)F)cccc2=O)c1Br. The van der Waals surface area contributed by atoms with Crippen LogP contribution in [-0.4, -0.2) is 14.3 Å². The van der Waals surface area contributed by atoms with Gasteiger partial charge in [0, 0.05) is 13.1 Å². The first-order valence-electron chi connectivity index (χ1n) is 5.67. The van der Waals surface area contributed by atoms with E-state index in [1.54, 1.807) is 14.0 Å². The molecule has 0 aliphatic heterocycles. The summed E-state index contributed by atoms with van der Waals surface area (Å²) in [5.41, 5.74) is -0.525. The Labute approximate surface area is 121 Å². The largest absolute Gasteiger partial charge is 0.431 e. The molecule has 20 heavy (non-hydrogen) atoms. The van der Waals surface area contributed by atoms with E-state index in [4.69, 9.17) is 0 Å². The predicted molar refractivity (Wildman–Crippen MR) is 70.5 cm³/mol. The van der Waals surface area contributed by atoms with Gasteiger partial charge in [-0.1, -0.05) is 6.07 Å². The highest BCUT2D eigenvalue weighted by molar-refractivity contribution is 9.10. The van der Waals surface area contributed by atoms with Gasteiger partial charge in [-0.2, -0.15) is 18.3 Å². The van der Waals surface area contributed by atoms with Gasteiger partial charge in [0.2, 0.25) is 0 Å². The fourth-order valence-electron chi connectivity index (χ4n) is 1.93. The van der Waals surface area contributed by atoms with Gasteiger partial charge >= 0.3 is 6.18 Å². The second-order valence-electron chi connectivity index (χ2n) is 4.30. The highest BCUT2D eigenvalue weighted by atomic mass is 79.9. The van der Waals surface area contributed by atoms with E-state index < -0.39 is 17.4 Å². The van der Waals surface area contributed by atoms with Gasteiger partial charge in [-0.05, 0) is 28.9 Å². The van der Waals surface area contributed by atoms with Crippen molar-refractivity contribution in [3.63, 3.8) is 0 Å². The number of nitrogens with zero attached hydrogens (tertiary/aromatic N) is 3. The van der Waals surface area contributed by atoms with Gasteiger partial charge in [0.1, 0.15) is 5.69 Å². The molecule has 2 rings (SSSR count). The number of pyridine rings is 1. The van der Waals surface area contributed by atoms with Gasteiger partial charge < -0.3 is 0 Å². The van der Waals surface area contributed by atoms with Crippen LogP contribution in [0.3, 0.4) is 0 Å². The molecule has 2 aromatic heterocycles. The molecule has 0 atom stereocenters. The molecular formula is C12H11BrF3N3O. The Bertz CT molecular complexity index is 703. The molecule has 0 bridgehead atoms. The summed E-state index contributed by atoms with van der Waals surface area (Å²) in [5, 5.41) is 4.10. The quantitative estimate of drug-likeness (QED) is 0.836. The van der Waals surface area contributed by atoms with Crippen LogP contribution >= 0.6 is 15.9 Å². The van der Waals surface area contributed by atoms with Crippen molar-refractivity contribution in [3.05, 3.63) is 50.1 Å². The summed E-state index contributed by atoms with van der Waals surface area (Å²) >= 11 is 3.28. The van der Waals surface area contributed by atoms with E-state index in [0.717, 1.165) is 18.2 Å². The summed E-state index contributed by atoms with van der Waals surface area (Å²) in [6.45, 7) is 1.53. The average Bonchev–Trinajstić information content (AvgIpc) is 2.56. The van der Waals surface area contributed by atoms with E-state index >= 15 is 0 Å². The highest BCUT2D eigenvalue weighted by Crippen LogP contribution is 2.29. The Kier molecular flexibility index (Phi) is 3.77. The third kappa shape index (κ3) is 2.65. The van der Waals surface area contributed by atoms with E-state index in [9.17, 15) is 18.0 Å². The van der Waals surface area contributed by atoms with Gasteiger partial charge in [-0.15, -0.1) is 0 Å². The summed E-state index contributed by atoms with van der Waals surface area (Å²) in [5.74, 6) is 0. The molecule has 108 valence electrons. The Morgan fingerprint density at radius 3 is 2.50 bits per heavy atom. The second-order valence-corrected chi connectivity index (χ2v) is 5.10. The van der Waals surface area contributed by atoms with Crippen molar-refractivity contribution < 1.29 is 13.2 Å². The number of hydrogen-bond donors (Lipinski definition) is 0. The number of rotatable bonds is 2. The summed E-state index contributed by atoms with van der Waals surface area (Å²) in [4.78, 5) is 11.7. The van der Waals surface area contributed by atoms with Gasteiger partial charge in [-0.3, -0.25) is 14.0 Å². The van der Waals surface area contributed by atoms with Crippen LogP contribution in [0.1, 0.15) is 17.1 Å². The van der Waals surface area contributed by atoms with E-state index in [2.05, 4.69) is 21.0 Å². The van der Waals surface area contributed by atoms with Crippen molar-refractivity contribution in [1.82, 2.24) is 14.3 Å². The van der Waals surface area contributed by atoms with Crippen molar-refractivity contribution in [2.24, 2.45) is 7.05 Å². The van der Waals surface area contributed by atoms with Crippen molar-refractivity contribution in [1.29, 1.82) is 0 Å². The maximum absolute atomic E-state index is 12.9. The van der Waals surface area contributed by atoms with Crippen molar-refractivity contribution >= 4 is 15.9 Å². The molecule has 0 aromatic carbocycles. The molecule has 0 amide bonds. The molecular weight excluding hydrogens is 339 g/mol. The van der Waals surface area contributed by atoms with Crippen LogP contribution in [0.4, 0.5) is 13.2 Å². The first kappa shape index (κ1) is 14.8. The van der Waals surface area contributed by atoms with E-state index in [1.165, 1.54) is 4.68 Å². The number of halogens is 4. The van der Waals surface area contributed by atoms with Crippen LogP contribution < -0.4 is 5.56 Å². The first-order valence-corrected chi connectivity index (χ1v) is 6.46. The molecule has 0 unspecified atom stereocenters. The molecule has 0 spiro atoms. The van der Waals surface area contributed by atoms with Crippen LogP contribution in [0.15, 0.2) is 27.5 Å². The molecule has 2 aromatic rings. The van der Waals surface area contributed by atoms with E-state index in [0.29, 0.717) is 20.4 Å². The van der Waals surface area contributed by atoms with Gasteiger partial charge in [0.05, 0.1) is 22.4 Å². The zero-order valence-corrected chi connectivity index (χ0v) is 12.3. The lowest BCUT2D eigenvalue weighted by molar-refractivity contribution is -0.144. The zero-order valence-electron chi connectivity index (χ0n) is 10.7. The lowest BCUT2D eigenvalue weighted by Gasteiger charge is -2.15. The Morgan fingerprint density at radius 1 is 1.35 bits per heavy atom. The van der Waals surface area contributed by atoms with Crippen LogP contribution in [0.5, 0.6) is 0 Å². The molecule has 0 N–H and O–H groups in total. The smallest absolute Gasteiger partial charge is 0.298 e. The summed E-state index contributed by atoms with van der Waals surface area (Å²) in [6.07, 6.45) is -4.58. The second kappa shape index (κ2) is 5.08. The maximum Gasteiger partial charge on any atom is 0.431 e. The van der Waals surface area contributed by atoms with Crippen LogP contribution in [0.25, 0.3) is 0 Å². The number of aromatic nitrogens is 3. The minimum Gasteiger partial charge on any atom is -0.298 e. The third-order valence-electron chi connectivity index (χ3n) is 2.91. The standard InChI is InChI=1S/C12H11BrF3N3O/c1-7-11(13)8(18(2)17-7)6-19-9(12(14,15)16)4-3-5-10(19)20/h3-5H,6H2,1-2H3. The first-order chi connectivity index (χ1) is 9.21.